The van der Waals surface area contributed by atoms with E-state index in [4.69, 9.17) is 4.74 Å². The number of carbonyl (C=O) groups is 1. The molecule has 1 aromatic heterocycles. The highest BCUT2D eigenvalue weighted by Crippen LogP contribution is 1.96. The van der Waals surface area contributed by atoms with Crippen molar-refractivity contribution in [3.05, 3.63) is 24.3 Å². The molecule has 0 aliphatic carbocycles. The topological polar surface area (TPSA) is 43.1 Å². The zero-order valence-corrected chi connectivity index (χ0v) is 5.86. The number of ether oxygens (including phenoxy) is 1. The molecular formula is C7H7N2O2+. The Hall–Kier alpha value is -1.29. The summed E-state index contributed by atoms with van der Waals surface area (Å²) < 4.78 is 6.56. The number of hydrogen-bond donors (Lipinski definition) is 0. The maximum Gasteiger partial charge on any atom is 0.418 e. The van der Waals surface area contributed by atoms with Crippen LogP contribution in [-0.2, 0) is 11.3 Å². The summed E-state index contributed by atoms with van der Waals surface area (Å²) in [5.74, 6) is -0.0337. The molecule has 2 rings (SSSR count). The molecule has 0 N–H and O–H groups in total. The van der Waals surface area contributed by atoms with Gasteiger partial charge in [0.05, 0.1) is 12.4 Å². The van der Waals surface area contributed by atoms with Crippen LogP contribution in [-0.4, -0.2) is 17.5 Å². The van der Waals surface area contributed by atoms with Gasteiger partial charge in [0.2, 0.25) is 5.69 Å². The number of carbonyl (C=O) groups excluding carboxylic acids is 1. The number of hydrogen-bond acceptors (Lipinski definition) is 3. The number of aromatic nitrogens is 2. The highest BCUT2D eigenvalue weighted by molar-refractivity contribution is 5.68. The molecule has 0 atom stereocenters. The predicted octanol–water partition coefficient (Wildman–Crippen LogP) is -0.461. The minimum atomic E-state index is -0.0337. The van der Waals surface area contributed by atoms with E-state index in [1.165, 1.54) is 0 Å². The molecule has 0 radical (unpaired) electrons. The first-order valence-electron chi connectivity index (χ1n) is 3.33. The van der Waals surface area contributed by atoms with Crippen molar-refractivity contribution in [1.82, 2.24) is 4.98 Å². The first-order valence-corrected chi connectivity index (χ1v) is 3.33. The second-order valence-electron chi connectivity index (χ2n) is 2.32. The van der Waals surface area contributed by atoms with Gasteiger partial charge in [0, 0.05) is 0 Å². The lowest BCUT2D eigenvalue weighted by Crippen LogP contribution is -2.51. The van der Waals surface area contributed by atoms with E-state index in [1.54, 1.807) is 23.2 Å². The molecule has 56 valence electrons. The normalized spacial score (nSPS) is 16.2. The summed E-state index contributed by atoms with van der Waals surface area (Å²) in [6.07, 6.45) is 4.88. The highest BCUT2D eigenvalue weighted by atomic mass is 16.5. The van der Waals surface area contributed by atoms with Crippen molar-refractivity contribution in [3.63, 3.8) is 0 Å². The molecule has 1 aliphatic rings. The molecule has 1 aromatic rings. The van der Waals surface area contributed by atoms with Crippen LogP contribution in [0.2, 0.25) is 0 Å². The first kappa shape index (κ1) is 6.42. The highest BCUT2D eigenvalue weighted by Gasteiger charge is 2.25. The van der Waals surface area contributed by atoms with E-state index in [-0.39, 0.29) is 12.5 Å². The Kier molecular flexibility index (Phi) is 1.40. The van der Waals surface area contributed by atoms with Gasteiger partial charge in [0.1, 0.15) is 6.61 Å². The van der Waals surface area contributed by atoms with Crippen LogP contribution in [0, 0.1) is 0 Å². The summed E-state index contributed by atoms with van der Waals surface area (Å²) in [5.41, 5.74) is 0.809. The fraction of sp³-hybridized carbons (Fsp3) is 0.286. The number of rotatable bonds is 0. The Morgan fingerprint density at radius 3 is 3.27 bits per heavy atom. The third-order valence-electron chi connectivity index (χ3n) is 1.58. The van der Waals surface area contributed by atoms with Crippen LogP contribution in [0.5, 0.6) is 0 Å². The molecule has 0 aromatic carbocycles. The minimum absolute atomic E-state index is 0.0337. The molecule has 0 saturated carbocycles. The van der Waals surface area contributed by atoms with Gasteiger partial charge in [-0.1, -0.05) is 0 Å². The fourth-order valence-electron chi connectivity index (χ4n) is 1.05. The maximum absolute atomic E-state index is 11.1. The van der Waals surface area contributed by atoms with Gasteiger partial charge in [-0.3, -0.25) is 4.98 Å². The third kappa shape index (κ3) is 1.01. The molecule has 0 saturated heterocycles. The second-order valence-corrected chi connectivity index (χ2v) is 2.32. The van der Waals surface area contributed by atoms with Crippen molar-refractivity contribution in [1.29, 1.82) is 0 Å². The maximum atomic E-state index is 11.1. The second kappa shape index (κ2) is 2.39. The van der Waals surface area contributed by atoms with Crippen molar-refractivity contribution >= 4 is 5.91 Å². The average Bonchev–Trinajstić information content (AvgIpc) is 2.06. The van der Waals surface area contributed by atoms with Crippen LogP contribution in [0.25, 0.3) is 0 Å². The van der Waals surface area contributed by atoms with Crippen LogP contribution >= 0.6 is 0 Å². The van der Waals surface area contributed by atoms with E-state index in [0.29, 0.717) is 6.61 Å². The Morgan fingerprint density at radius 1 is 1.55 bits per heavy atom. The van der Waals surface area contributed by atoms with Crippen molar-refractivity contribution in [2.45, 2.75) is 6.61 Å². The van der Waals surface area contributed by atoms with E-state index in [0.717, 1.165) is 5.69 Å². The lowest BCUT2D eigenvalue weighted by Gasteiger charge is -2.06. The van der Waals surface area contributed by atoms with E-state index < -0.39 is 0 Å². The summed E-state index contributed by atoms with van der Waals surface area (Å²) >= 11 is 0. The van der Waals surface area contributed by atoms with E-state index in [1.807, 2.05) is 0 Å². The van der Waals surface area contributed by atoms with Gasteiger partial charge in [-0.05, 0) is 0 Å². The largest absolute Gasteiger partial charge is 0.418 e. The van der Waals surface area contributed by atoms with Crippen LogP contribution in [0.4, 0.5) is 0 Å². The Balaban J connectivity index is 2.52. The van der Waals surface area contributed by atoms with Gasteiger partial charge in [-0.15, -0.1) is 4.57 Å². The molecule has 0 amide bonds. The molecule has 11 heavy (non-hydrogen) atoms. The van der Waals surface area contributed by atoms with Gasteiger partial charge in [-0.2, -0.15) is 0 Å². The van der Waals surface area contributed by atoms with E-state index in [9.17, 15) is 4.79 Å². The molecule has 0 fully saturated rings. The molecule has 0 bridgehead atoms. The quantitative estimate of drug-likeness (QED) is 0.471. The van der Waals surface area contributed by atoms with Gasteiger partial charge in [0.25, 0.3) is 0 Å². The molecular weight excluding hydrogens is 144 g/mol. The van der Waals surface area contributed by atoms with Crippen molar-refractivity contribution in [2.24, 2.45) is 0 Å². The SMILES string of the molecule is O=C1COCc2cncc[n+]21. The van der Waals surface area contributed by atoms with Crippen LogP contribution in [0.3, 0.4) is 0 Å². The lowest BCUT2D eigenvalue weighted by atomic mass is 10.4. The van der Waals surface area contributed by atoms with Crippen LogP contribution < -0.4 is 4.57 Å². The molecule has 2 heterocycles. The molecule has 1 aliphatic heterocycles. The van der Waals surface area contributed by atoms with Gasteiger partial charge >= 0.3 is 5.91 Å². The zero-order valence-electron chi connectivity index (χ0n) is 5.86. The standard InChI is InChI=1S/C7H7N2O2/c10-7-5-11-4-6-3-8-1-2-9(6)7/h1-3H,4-5H2/q+1. The van der Waals surface area contributed by atoms with Crippen LogP contribution in [0.1, 0.15) is 10.5 Å². The van der Waals surface area contributed by atoms with Crippen LogP contribution in [0.15, 0.2) is 18.6 Å². The number of fused-ring (bicyclic) bond motifs is 1. The van der Waals surface area contributed by atoms with Gasteiger partial charge in [-0.25, -0.2) is 4.79 Å². The smallest absolute Gasteiger partial charge is 0.355 e. The molecule has 0 unspecified atom stereocenters. The zero-order chi connectivity index (χ0) is 7.68. The monoisotopic (exact) mass is 151 g/mol. The van der Waals surface area contributed by atoms with Crippen molar-refractivity contribution in [3.8, 4) is 0 Å². The van der Waals surface area contributed by atoms with E-state index in [2.05, 4.69) is 4.98 Å². The average molecular weight is 151 g/mol. The molecule has 4 nitrogen and oxygen atoms in total. The summed E-state index contributed by atoms with van der Waals surface area (Å²) in [5, 5.41) is 0. The third-order valence-corrected chi connectivity index (χ3v) is 1.58. The van der Waals surface area contributed by atoms with E-state index >= 15 is 0 Å². The first-order chi connectivity index (χ1) is 5.38. The number of nitrogens with zero attached hydrogens (tertiary/aromatic N) is 2. The summed E-state index contributed by atoms with van der Waals surface area (Å²) in [6.45, 7) is 0.640. The summed E-state index contributed by atoms with van der Waals surface area (Å²) in [7, 11) is 0. The predicted molar refractivity (Wildman–Crippen MR) is 34.7 cm³/mol. The lowest BCUT2D eigenvalue weighted by molar-refractivity contribution is -0.595. The van der Waals surface area contributed by atoms with Gasteiger partial charge in [0.15, 0.2) is 12.8 Å². The summed E-state index contributed by atoms with van der Waals surface area (Å²) in [4.78, 5) is 15.0. The summed E-state index contributed by atoms with van der Waals surface area (Å²) in [6, 6.07) is 0. The fourth-order valence-corrected chi connectivity index (χ4v) is 1.05. The van der Waals surface area contributed by atoms with Crippen molar-refractivity contribution in [2.75, 3.05) is 6.61 Å². The Labute approximate surface area is 63.4 Å². The molecule has 0 spiro atoms. The Morgan fingerprint density at radius 2 is 2.45 bits per heavy atom. The van der Waals surface area contributed by atoms with Gasteiger partial charge < -0.3 is 4.74 Å². The molecule has 4 heteroatoms. The minimum Gasteiger partial charge on any atom is -0.355 e. The Bertz CT molecular complexity index is 298. The van der Waals surface area contributed by atoms with Crippen molar-refractivity contribution < 1.29 is 14.1 Å².